The standard InChI is InChI=1S/C12H13NO/c1-2-4-10-7-6-9-5-3-8-13-11(9)12(10)14/h3,5-8,14H,2,4H2,1H3. The van der Waals surface area contributed by atoms with Crippen molar-refractivity contribution >= 4 is 10.9 Å². The minimum Gasteiger partial charge on any atom is -0.505 e. The number of pyridine rings is 1. The van der Waals surface area contributed by atoms with Gasteiger partial charge in [0.1, 0.15) is 11.3 Å². The van der Waals surface area contributed by atoms with Gasteiger partial charge in [-0.05, 0) is 18.1 Å². The number of aryl methyl sites for hydroxylation is 1. The molecule has 1 heterocycles. The van der Waals surface area contributed by atoms with E-state index in [9.17, 15) is 5.11 Å². The molecular weight excluding hydrogens is 174 g/mol. The minimum atomic E-state index is 0.338. The molecule has 0 radical (unpaired) electrons. The highest BCUT2D eigenvalue weighted by atomic mass is 16.3. The van der Waals surface area contributed by atoms with E-state index < -0.39 is 0 Å². The lowest BCUT2D eigenvalue weighted by molar-refractivity contribution is 0.473. The van der Waals surface area contributed by atoms with Crippen LogP contribution in [0.5, 0.6) is 5.75 Å². The molecule has 0 spiro atoms. The van der Waals surface area contributed by atoms with Crippen LogP contribution in [-0.2, 0) is 6.42 Å². The van der Waals surface area contributed by atoms with E-state index in [0.29, 0.717) is 11.3 Å². The van der Waals surface area contributed by atoms with Crippen molar-refractivity contribution in [1.82, 2.24) is 4.98 Å². The first kappa shape index (κ1) is 9.00. The number of rotatable bonds is 2. The summed E-state index contributed by atoms with van der Waals surface area (Å²) in [5.74, 6) is 0.338. The van der Waals surface area contributed by atoms with E-state index in [1.54, 1.807) is 6.20 Å². The highest BCUT2D eigenvalue weighted by Crippen LogP contribution is 2.27. The van der Waals surface area contributed by atoms with Crippen molar-refractivity contribution in [2.45, 2.75) is 19.8 Å². The van der Waals surface area contributed by atoms with Crippen LogP contribution in [0.15, 0.2) is 30.5 Å². The first-order valence-corrected chi connectivity index (χ1v) is 4.88. The van der Waals surface area contributed by atoms with E-state index in [2.05, 4.69) is 11.9 Å². The highest BCUT2D eigenvalue weighted by molar-refractivity contribution is 5.85. The molecule has 0 bridgehead atoms. The monoisotopic (exact) mass is 187 g/mol. The van der Waals surface area contributed by atoms with Crippen molar-refractivity contribution in [3.8, 4) is 5.75 Å². The van der Waals surface area contributed by atoms with Crippen LogP contribution in [0.25, 0.3) is 10.9 Å². The van der Waals surface area contributed by atoms with Crippen LogP contribution < -0.4 is 0 Å². The topological polar surface area (TPSA) is 33.1 Å². The number of hydrogen-bond donors (Lipinski definition) is 1. The van der Waals surface area contributed by atoms with Gasteiger partial charge < -0.3 is 5.11 Å². The number of hydrogen-bond acceptors (Lipinski definition) is 2. The molecule has 0 unspecified atom stereocenters. The second-order valence-corrected chi connectivity index (χ2v) is 3.40. The van der Waals surface area contributed by atoms with Gasteiger partial charge in [-0.15, -0.1) is 0 Å². The molecule has 0 aliphatic carbocycles. The molecule has 0 aliphatic rings. The summed E-state index contributed by atoms with van der Waals surface area (Å²) < 4.78 is 0. The predicted octanol–water partition coefficient (Wildman–Crippen LogP) is 2.89. The van der Waals surface area contributed by atoms with Gasteiger partial charge in [0, 0.05) is 11.6 Å². The van der Waals surface area contributed by atoms with Crippen LogP contribution >= 0.6 is 0 Å². The van der Waals surface area contributed by atoms with Gasteiger partial charge in [0.2, 0.25) is 0 Å². The van der Waals surface area contributed by atoms with E-state index in [1.165, 1.54) is 0 Å². The lowest BCUT2D eigenvalue weighted by atomic mass is 10.1. The largest absolute Gasteiger partial charge is 0.505 e. The second-order valence-electron chi connectivity index (χ2n) is 3.40. The van der Waals surface area contributed by atoms with Crippen molar-refractivity contribution in [3.63, 3.8) is 0 Å². The average molecular weight is 187 g/mol. The van der Waals surface area contributed by atoms with Gasteiger partial charge in [0.15, 0.2) is 0 Å². The lowest BCUT2D eigenvalue weighted by Crippen LogP contribution is -1.87. The Labute approximate surface area is 83.2 Å². The summed E-state index contributed by atoms with van der Waals surface area (Å²) in [6.45, 7) is 2.10. The van der Waals surface area contributed by atoms with Gasteiger partial charge in [-0.25, -0.2) is 0 Å². The van der Waals surface area contributed by atoms with Gasteiger partial charge in [0.05, 0.1) is 0 Å². The first-order valence-electron chi connectivity index (χ1n) is 4.88. The van der Waals surface area contributed by atoms with Crippen LogP contribution in [0.2, 0.25) is 0 Å². The Morgan fingerprint density at radius 1 is 1.29 bits per heavy atom. The Bertz CT molecular complexity index is 451. The second kappa shape index (κ2) is 3.66. The zero-order valence-electron chi connectivity index (χ0n) is 8.20. The summed E-state index contributed by atoms with van der Waals surface area (Å²) in [6.07, 6.45) is 3.64. The zero-order valence-corrected chi connectivity index (χ0v) is 8.20. The summed E-state index contributed by atoms with van der Waals surface area (Å²) >= 11 is 0. The van der Waals surface area contributed by atoms with Gasteiger partial charge in [-0.1, -0.05) is 31.5 Å². The normalized spacial score (nSPS) is 10.6. The third-order valence-electron chi connectivity index (χ3n) is 2.35. The molecule has 0 amide bonds. The minimum absolute atomic E-state index is 0.338. The van der Waals surface area contributed by atoms with Crippen LogP contribution in [0.4, 0.5) is 0 Å². The molecule has 1 aromatic heterocycles. The number of phenols is 1. The van der Waals surface area contributed by atoms with Gasteiger partial charge in [-0.2, -0.15) is 0 Å². The SMILES string of the molecule is CCCc1ccc2cccnc2c1O. The van der Waals surface area contributed by atoms with Crippen molar-refractivity contribution in [1.29, 1.82) is 0 Å². The molecule has 0 fully saturated rings. The number of aromatic hydroxyl groups is 1. The number of nitrogens with zero attached hydrogens (tertiary/aromatic N) is 1. The third-order valence-corrected chi connectivity index (χ3v) is 2.35. The van der Waals surface area contributed by atoms with E-state index >= 15 is 0 Å². The number of phenolic OH excluding ortho intramolecular Hbond substituents is 1. The Morgan fingerprint density at radius 2 is 2.14 bits per heavy atom. The van der Waals surface area contributed by atoms with E-state index in [0.717, 1.165) is 23.8 Å². The maximum Gasteiger partial charge on any atom is 0.144 e. The van der Waals surface area contributed by atoms with E-state index in [1.807, 2.05) is 24.3 Å². The lowest BCUT2D eigenvalue weighted by Gasteiger charge is -2.05. The molecular formula is C12H13NO. The summed E-state index contributed by atoms with van der Waals surface area (Å²) in [5.41, 5.74) is 1.69. The molecule has 2 heteroatoms. The van der Waals surface area contributed by atoms with E-state index in [-0.39, 0.29) is 0 Å². The fraction of sp³-hybridized carbons (Fsp3) is 0.250. The Kier molecular flexibility index (Phi) is 2.35. The molecule has 0 saturated carbocycles. The third kappa shape index (κ3) is 1.43. The van der Waals surface area contributed by atoms with Crippen molar-refractivity contribution in [3.05, 3.63) is 36.0 Å². The Balaban J connectivity index is 2.63. The zero-order chi connectivity index (χ0) is 9.97. The van der Waals surface area contributed by atoms with Gasteiger partial charge in [0.25, 0.3) is 0 Å². The smallest absolute Gasteiger partial charge is 0.144 e. The first-order chi connectivity index (χ1) is 6.83. The summed E-state index contributed by atoms with van der Waals surface area (Å²) in [6, 6.07) is 7.81. The fourth-order valence-electron chi connectivity index (χ4n) is 1.64. The van der Waals surface area contributed by atoms with Crippen LogP contribution in [0.3, 0.4) is 0 Å². The summed E-state index contributed by atoms with van der Waals surface area (Å²) in [4.78, 5) is 4.17. The Hall–Kier alpha value is -1.57. The molecule has 2 aromatic rings. The maximum atomic E-state index is 9.92. The highest BCUT2D eigenvalue weighted by Gasteiger charge is 2.05. The number of benzene rings is 1. The van der Waals surface area contributed by atoms with Crippen LogP contribution in [0.1, 0.15) is 18.9 Å². The average Bonchev–Trinajstić information content (AvgIpc) is 2.23. The predicted molar refractivity (Wildman–Crippen MR) is 57.4 cm³/mol. The maximum absolute atomic E-state index is 9.92. The molecule has 0 aliphatic heterocycles. The molecule has 1 N–H and O–H groups in total. The van der Waals surface area contributed by atoms with Crippen molar-refractivity contribution in [2.75, 3.05) is 0 Å². The van der Waals surface area contributed by atoms with Gasteiger partial charge >= 0.3 is 0 Å². The van der Waals surface area contributed by atoms with Gasteiger partial charge in [-0.3, -0.25) is 4.98 Å². The number of aromatic nitrogens is 1. The van der Waals surface area contributed by atoms with E-state index in [4.69, 9.17) is 0 Å². The summed E-state index contributed by atoms with van der Waals surface area (Å²) in [5, 5.41) is 10.9. The molecule has 14 heavy (non-hydrogen) atoms. The quantitative estimate of drug-likeness (QED) is 0.784. The Morgan fingerprint density at radius 3 is 2.93 bits per heavy atom. The molecule has 2 rings (SSSR count). The molecule has 0 saturated heterocycles. The molecule has 72 valence electrons. The molecule has 1 aromatic carbocycles. The van der Waals surface area contributed by atoms with Crippen molar-refractivity contribution < 1.29 is 5.11 Å². The molecule has 0 atom stereocenters. The summed E-state index contributed by atoms with van der Waals surface area (Å²) in [7, 11) is 0. The van der Waals surface area contributed by atoms with Crippen LogP contribution in [-0.4, -0.2) is 10.1 Å². The fourth-order valence-corrected chi connectivity index (χ4v) is 1.64. The molecule has 2 nitrogen and oxygen atoms in total. The van der Waals surface area contributed by atoms with Crippen molar-refractivity contribution in [2.24, 2.45) is 0 Å². The number of fused-ring (bicyclic) bond motifs is 1. The van der Waals surface area contributed by atoms with Crippen LogP contribution in [0, 0.1) is 0 Å².